The average Bonchev–Trinajstić information content (AvgIpc) is 2.30. The van der Waals surface area contributed by atoms with E-state index >= 15 is 0 Å². The second-order valence-electron chi connectivity index (χ2n) is 3.34. The van der Waals surface area contributed by atoms with Gasteiger partial charge in [0.2, 0.25) is 0 Å². The highest BCUT2D eigenvalue weighted by Gasteiger charge is 2.07. The molecule has 0 radical (unpaired) electrons. The highest BCUT2D eigenvalue weighted by Crippen LogP contribution is 2.01. The molecule has 0 atom stereocenters. The maximum absolute atomic E-state index is 11.0. The van der Waals surface area contributed by atoms with Crippen LogP contribution >= 0.6 is 0 Å². The van der Waals surface area contributed by atoms with Crippen molar-refractivity contribution in [3.63, 3.8) is 0 Å². The van der Waals surface area contributed by atoms with Crippen LogP contribution in [0.2, 0.25) is 0 Å². The summed E-state index contributed by atoms with van der Waals surface area (Å²) in [5.74, 6) is -1.16. The van der Waals surface area contributed by atoms with E-state index in [2.05, 4.69) is 28.0 Å². The highest BCUT2D eigenvalue weighted by atomic mass is 17.5. The van der Waals surface area contributed by atoms with E-state index in [-0.39, 0.29) is 12.8 Å². The zero-order chi connectivity index (χ0) is 12.9. The van der Waals surface area contributed by atoms with Crippen molar-refractivity contribution in [2.24, 2.45) is 0 Å². The van der Waals surface area contributed by atoms with Crippen LogP contribution in [0.5, 0.6) is 0 Å². The lowest BCUT2D eigenvalue weighted by Crippen LogP contribution is -2.10. The predicted octanol–water partition coefficient (Wildman–Crippen LogP) is 2.63. The largest absolute Gasteiger partial charge is 0.346 e. The lowest BCUT2D eigenvalue weighted by molar-refractivity contribution is -0.459. The van der Waals surface area contributed by atoms with E-state index in [9.17, 15) is 9.59 Å². The van der Waals surface area contributed by atoms with Crippen LogP contribution in [0.3, 0.4) is 0 Å². The van der Waals surface area contributed by atoms with E-state index in [4.69, 9.17) is 0 Å². The molecular weight excluding hydrogens is 224 g/mol. The Balaban J connectivity index is 3.41. The summed E-state index contributed by atoms with van der Waals surface area (Å²) in [6, 6.07) is 0. The van der Waals surface area contributed by atoms with Crippen LogP contribution in [-0.4, -0.2) is 11.9 Å². The third-order valence-electron chi connectivity index (χ3n) is 1.83. The number of allylic oxidation sites excluding steroid dienone is 2. The first-order valence-electron chi connectivity index (χ1n) is 5.49. The number of carbonyl (C=O) groups excluding carboxylic acids is 2. The van der Waals surface area contributed by atoms with Crippen molar-refractivity contribution in [1.82, 2.24) is 0 Å². The van der Waals surface area contributed by atoms with E-state index in [1.807, 2.05) is 0 Å². The predicted molar refractivity (Wildman–Crippen MR) is 61.4 cm³/mol. The normalized spacial score (nSPS) is 9.41. The fourth-order valence-electron chi connectivity index (χ4n) is 0.958. The van der Waals surface area contributed by atoms with E-state index in [1.165, 1.54) is 0 Å². The van der Waals surface area contributed by atoms with Crippen LogP contribution in [-0.2, 0) is 24.4 Å². The Morgan fingerprint density at radius 1 is 0.882 bits per heavy atom. The van der Waals surface area contributed by atoms with Gasteiger partial charge in [-0.1, -0.05) is 12.2 Å². The van der Waals surface area contributed by atoms with Gasteiger partial charge in [-0.05, 0) is 25.7 Å². The third-order valence-corrected chi connectivity index (χ3v) is 1.83. The molecule has 0 N–H and O–H groups in total. The molecule has 0 heterocycles. The molecule has 0 unspecified atom stereocenters. The van der Waals surface area contributed by atoms with Crippen molar-refractivity contribution in [3.8, 4) is 0 Å². The molecule has 0 saturated heterocycles. The van der Waals surface area contributed by atoms with Gasteiger partial charge in [-0.15, -0.1) is 13.2 Å². The smallest absolute Gasteiger partial charge is 0.260 e. The number of carbonyl (C=O) groups is 2. The molecular formula is C12H18O5. The van der Waals surface area contributed by atoms with Crippen LogP contribution in [0.4, 0.5) is 0 Å². The Morgan fingerprint density at radius 3 is 1.65 bits per heavy atom. The quantitative estimate of drug-likeness (QED) is 0.255. The molecule has 5 nitrogen and oxygen atoms in total. The van der Waals surface area contributed by atoms with Crippen LogP contribution in [0, 0.1) is 0 Å². The van der Waals surface area contributed by atoms with E-state index in [1.54, 1.807) is 12.2 Å². The van der Waals surface area contributed by atoms with Crippen molar-refractivity contribution in [1.29, 1.82) is 0 Å². The molecule has 5 heteroatoms. The van der Waals surface area contributed by atoms with Gasteiger partial charge >= 0.3 is 11.9 Å². The zero-order valence-electron chi connectivity index (χ0n) is 9.85. The highest BCUT2D eigenvalue weighted by molar-refractivity contribution is 5.69. The Bertz CT molecular complexity index is 234. The SMILES string of the molecule is C=CCCCC(=O)OOOC(=O)CCCC=C. The zero-order valence-corrected chi connectivity index (χ0v) is 9.85. The molecule has 0 saturated carbocycles. The molecule has 0 aromatic heterocycles. The van der Waals surface area contributed by atoms with Gasteiger partial charge in [0.1, 0.15) is 0 Å². The molecule has 0 aromatic carbocycles. The minimum absolute atomic E-state index is 0.194. The van der Waals surface area contributed by atoms with Crippen molar-refractivity contribution in [2.75, 3.05) is 0 Å². The summed E-state index contributed by atoms with van der Waals surface area (Å²) < 4.78 is 0. The summed E-state index contributed by atoms with van der Waals surface area (Å²) in [7, 11) is 0. The number of hydrogen-bond acceptors (Lipinski definition) is 5. The molecule has 0 aromatic rings. The number of rotatable bonds is 10. The number of hydrogen-bond donors (Lipinski definition) is 0. The summed E-state index contributed by atoms with van der Waals surface area (Å²) in [6.07, 6.45) is 6.48. The van der Waals surface area contributed by atoms with Gasteiger partial charge in [0.15, 0.2) is 0 Å². The standard InChI is InChI=1S/C12H18O5/c1-3-5-7-9-11(13)15-17-16-12(14)10-8-6-4-2/h3-4H,1-2,5-10H2. The molecule has 0 rings (SSSR count). The Kier molecular flexibility index (Phi) is 9.85. The third kappa shape index (κ3) is 10.7. The summed E-state index contributed by atoms with van der Waals surface area (Å²) in [5.41, 5.74) is 0. The molecule has 0 aliphatic rings. The van der Waals surface area contributed by atoms with Crippen molar-refractivity contribution >= 4 is 11.9 Å². The van der Waals surface area contributed by atoms with Gasteiger partial charge in [0.05, 0.1) is 0 Å². The topological polar surface area (TPSA) is 61.8 Å². The lowest BCUT2D eigenvalue weighted by atomic mass is 10.2. The summed E-state index contributed by atoms with van der Waals surface area (Å²) >= 11 is 0. The lowest BCUT2D eigenvalue weighted by Gasteiger charge is -2.01. The average molecular weight is 242 g/mol. The van der Waals surface area contributed by atoms with Gasteiger partial charge in [-0.2, -0.15) is 0 Å². The van der Waals surface area contributed by atoms with Gasteiger partial charge in [0, 0.05) is 17.9 Å². The second kappa shape index (κ2) is 10.9. The first-order chi connectivity index (χ1) is 8.20. The Morgan fingerprint density at radius 2 is 1.29 bits per heavy atom. The molecule has 0 spiro atoms. The number of unbranched alkanes of at least 4 members (excludes halogenated alkanes) is 2. The fourth-order valence-corrected chi connectivity index (χ4v) is 0.958. The fraction of sp³-hybridized carbons (Fsp3) is 0.500. The van der Waals surface area contributed by atoms with Gasteiger partial charge in [-0.25, -0.2) is 9.59 Å². The molecule has 0 amide bonds. The minimum atomic E-state index is -0.578. The summed E-state index contributed by atoms with van der Waals surface area (Å²) in [6.45, 7) is 7.04. The van der Waals surface area contributed by atoms with Crippen molar-refractivity contribution < 1.29 is 24.4 Å². The Labute approximate surface area is 101 Å². The monoisotopic (exact) mass is 242 g/mol. The minimum Gasteiger partial charge on any atom is -0.260 e. The van der Waals surface area contributed by atoms with Gasteiger partial charge in [0.25, 0.3) is 0 Å². The van der Waals surface area contributed by atoms with E-state index < -0.39 is 11.9 Å². The molecule has 17 heavy (non-hydrogen) atoms. The van der Waals surface area contributed by atoms with E-state index in [0.29, 0.717) is 12.8 Å². The Hall–Kier alpha value is -1.62. The second-order valence-corrected chi connectivity index (χ2v) is 3.34. The summed E-state index contributed by atoms with van der Waals surface area (Å²) in [5, 5.41) is 4.07. The van der Waals surface area contributed by atoms with Crippen LogP contribution in [0.25, 0.3) is 0 Å². The van der Waals surface area contributed by atoms with Crippen LogP contribution in [0.1, 0.15) is 38.5 Å². The van der Waals surface area contributed by atoms with E-state index in [0.717, 1.165) is 12.8 Å². The van der Waals surface area contributed by atoms with Gasteiger partial charge < -0.3 is 0 Å². The molecule has 0 bridgehead atoms. The van der Waals surface area contributed by atoms with Gasteiger partial charge in [-0.3, -0.25) is 9.78 Å². The van der Waals surface area contributed by atoms with Crippen LogP contribution in [0.15, 0.2) is 25.3 Å². The first-order valence-corrected chi connectivity index (χ1v) is 5.49. The maximum atomic E-state index is 11.0. The summed E-state index contributed by atoms with van der Waals surface area (Å²) in [4.78, 5) is 30.4. The molecule has 0 fully saturated rings. The van der Waals surface area contributed by atoms with Crippen molar-refractivity contribution in [3.05, 3.63) is 25.3 Å². The van der Waals surface area contributed by atoms with Crippen LogP contribution < -0.4 is 0 Å². The maximum Gasteiger partial charge on any atom is 0.346 e. The first kappa shape index (κ1) is 15.4. The molecule has 0 aliphatic heterocycles. The molecule has 96 valence electrons. The molecule has 0 aliphatic carbocycles. The van der Waals surface area contributed by atoms with Crippen molar-refractivity contribution in [2.45, 2.75) is 38.5 Å².